The summed E-state index contributed by atoms with van der Waals surface area (Å²) in [4.78, 5) is 24.6. The van der Waals surface area contributed by atoms with Crippen LogP contribution in [0.5, 0.6) is 0 Å². The number of hydrogen-bond acceptors (Lipinski definition) is 6. The third kappa shape index (κ3) is 2.10. The number of nitrogens with zero attached hydrogens (tertiary/aromatic N) is 1. The Morgan fingerprint density at radius 2 is 2.28 bits per heavy atom. The molecule has 1 aliphatic heterocycles. The molecular weight excluding hydrogens is 244 g/mol. The first kappa shape index (κ1) is 13.0. The highest BCUT2D eigenvalue weighted by Crippen LogP contribution is 2.29. The van der Waals surface area contributed by atoms with Crippen molar-refractivity contribution in [2.24, 2.45) is 0 Å². The summed E-state index contributed by atoms with van der Waals surface area (Å²) in [6.07, 6.45) is -2.36. The van der Waals surface area contributed by atoms with Gasteiger partial charge in [-0.3, -0.25) is 14.3 Å². The number of aliphatic hydroxyl groups is 2. The van der Waals surface area contributed by atoms with Gasteiger partial charge in [-0.2, -0.15) is 0 Å². The van der Waals surface area contributed by atoms with Gasteiger partial charge in [-0.05, 0) is 0 Å². The first-order valence-corrected chi connectivity index (χ1v) is 5.37. The number of methoxy groups -OCH3 is 1. The number of rotatable bonds is 3. The molecule has 0 unspecified atom stereocenters. The molecule has 8 nitrogen and oxygen atoms in total. The van der Waals surface area contributed by atoms with E-state index < -0.39 is 35.8 Å². The van der Waals surface area contributed by atoms with Crippen molar-refractivity contribution in [2.75, 3.05) is 13.7 Å². The van der Waals surface area contributed by atoms with Crippen LogP contribution in [0.1, 0.15) is 6.23 Å². The zero-order chi connectivity index (χ0) is 13.3. The van der Waals surface area contributed by atoms with Crippen molar-refractivity contribution in [1.82, 2.24) is 9.55 Å². The van der Waals surface area contributed by atoms with Gasteiger partial charge in [0.1, 0.15) is 18.3 Å². The summed E-state index contributed by atoms with van der Waals surface area (Å²) >= 11 is 0. The van der Waals surface area contributed by atoms with Crippen LogP contribution in [0.4, 0.5) is 0 Å². The predicted molar refractivity (Wildman–Crippen MR) is 59.1 cm³/mol. The average molecular weight is 258 g/mol. The normalized spacial score (nSPS) is 31.7. The van der Waals surface area contributed by atoms with Crippen molar-refractivity contribution in [2.45, 2.75) is 24.5 Å². The molecule has 1 aromatic heterocycles. The topological polar surface area (TPSA) is 114 Å². The van der Waals surface area contributed by atoms with Crippen LogP contribution in [0, 0.1) is 0 Å². The van der Waals surface area contributed by atoms with Crippen LogP contribution in [0.25, 0.3) is 0 Å². The van der Waals surface area contributed by atoms with E-state index in [1.165, 1.54) is 13.3 Å². The van der Waals surface area contributed by atoms with Gasteiger partial charge in [-0.1, -0.05) is 0 Å². The SMILES string of the molecule is CO[C@@H]1[C@H](O)[C@H](n2ccc(=O)[nH]c2=O)O[C@@H]1CO. The van der Waals surface area contributed by atoms with E-state index in [0.29, 0.717) is 0 Å². The highest BCUT2D eigenvalue weighted by Gasteiger charge is 2.44. The minimum atomic E-state index is -1.12. The van der Waals surface area contributed by atoms with Gasteiger partial charge in [0.2, 0.25) is 0 Å². The first-order chi connectivity index (χ1) is 8.58. The molecular formula is C10H14N2O6. The molecule has 1 saturated heterocycles. The van der Waals surface area contributed by atoms with E-state index in [1.807, 2.05) is 0 Å². The molecule has 0 aliphatic carbocycles. The second-order valence-electron chi connectivity index (χ2n) is 3.96. The molecule has 18 heavy (non-hydrogen) atoms. The van der Waals surface area contributed by atoms with Crippen LogP contribution >= 0.6 is 0 Å². The molecule has 0 saturated carbocycles. The second-order valence-corrected chi connectivity index (χ2v) is 3.96. The van der Waals surface area contributed by atoms with E-state index in [1.54, 1.807) is 0 Å². The van der Waals surface area contributed by atoms with Crippen molar-refractivity contribution in [3.8, 4) is 0 Å². The quantitative estimate of drug-likeness (QED) is 0.567. The minimum Gasteiger partial charge on any atom is -0.394 e. The lowest BCUT2D eigenvalue weighted by Gasteiger charge is -2.17. The molecule has 1 aliphatic rings. The van der Waals surface area contributed by atoms with Crippen molar-refractivity contribution in [3.63, 3.8) is 0 Å². The molecule has 2 heterocycles. The number of aliphatic hydroxyl groups excluding tert-OH is 2. The number of nitrogens with one attached hydrogen (secondary N) is 1. The third-order valence-electron chi connectivity index (χ3n) is 2.89. The molecule has 0 amide bonds. The molecule has 0 spiro atoms. The predicted octanol–water partition coefficient (Wildman–Crippen LogP) is -2.20. The van der Waals surface area contributed by atoms with Gasteiger partial charge in [0.25, 0.3) is 5.56 Å². The standard InChI is InChI=1S/C10H14N2O6/c1-17-8-5(4-13)18-9(7(8)15)12-3-2-6(14)11-10(12)16/h2-3,5,7-9,13,15H,4H2,1H3,(H,11,14,16)/t5-,7+,8+,9-/m1/s1. The van der Waals surface area contributed by atoms with E-state index >= 15 is 0 Å². The maximum Gasteiger partial charge on any atom is 0.330 e. The Labute approximate surface area is 101 Å². The third-order valence-corrected chi connectivity index (χ3v) is 2.89. The molecule has 0 radical (unpaired) electrons. The molecule has 1 aromatic rings. The van der Waals surface area contributed by atoms with Crippen molar-refractivity contribution >= 4 is 0 Å². The lowest BCUT2D eigenvalue weighted by molar-refractivity contribution is -0.0569. The van der Waals surface area contributed by atoms with E-state index in [2.05, 4.69) is 4.98 Å². The molecule has 2 rings (SSSR count). The molecule has 100 valence electrons. The molecule has 3 N–H and O–H groups in total. The molecule has 0 bridgehead atoms. The summed E-state index contributed by atoms with van der Waals surface area (Å²) in [5.41, 5.74) is -1.23. The minimum absolute atomic E-state index is 0.343. The molecule has 1 fully saturated rings. The first-order valence-electron chi connectivity index (χ1n) is 5.37. The summed E-state index contributed by atoms with van der Waals surface area (Å²) in [5.74, 6) is 0. The Morgan fingerprint density at radius 3 is 2.78 bits per heavy atom. The van der Waals surface area contributed by atoms with E-state index in [-0.39, 0.29) is 6.61 Å². The Kier molecular flexibility index (Phi) is 3.62. The lowest BCUT2D eigenvalue weighted by atomic mass is 10.1. The van der Waals surface area contributed by atoms with Crippen molar-refractivity contribution in [3.05, 3.63) is 33.1 Å². The van der Waals surface area contributed by atoms with Crippen LogP contribution < -0.4 is 11.2 Å². The number of H-pyrrole nitrogens is 1. The van der Waals surface area contributed by atoms with E-state index in [4.69, 9.17) is 14.6 Å². The Hall–Kier alpha value is -1.48. The van der Waals surface area contributed by atoms with E-state index in [0.717, 1.165) is 10.6 Å². The Morgan fingerprint density at radius 1 is 1.56 bits per heavy atom. The maximum atomic E-state index is 11.6. The zero-order valence-corrected chi connectivity index (χ0v) is 9.65. The molecule has 8 heteroatoms. The fourth-order valence-corrected chi connectivity index (χ4v) is 2.02. The fourth-order valence-electron chi connectivity index (χ4n) is 2.02. The summed E-state index contributed by atoms with van der Waals surface area (Å²) < 4.78 is 11.4. The van der Waals surface area contributed by atoms with Gasteiger partial charge in [0, 0.05) is 19.4 Å². The fraction of sp³-hybridized carbons (Fsp3) is 0.600. The van der Waals surface area contributed by atoms with Gasteiger partial charge in [0.15, 0.2) is 6.23 Å². The number of ether oxygens (including phenoxy) is 2. The summed E-state index contributed by atoms with van der Waals surface area (Å²) in [6, 6.07) is 1.14. The summed E-state index contributed by atoms with van der Waals surface area (Å²) in [6.45, 7) is -0.343. The largest absolute Gasteiger partial charge is 0.394 e. The monoisotopic (exact) mass is 258 g/mol. The van der Waals surface area contributed by atoms with Gasteiger partial charge in [-0.15, -0.1) is 0 Å². The van der Waals surface area contributed by atoms with Crippen LogP contribution in [-0.2, 0) is 9.47 Å². The smallest absolute Gasteiger partial charge is 0.330 e. The number of aromatic amines is 1. The lowest BCUT2D eigenvalue weighted by Crippen LogP contribution is -2.38. The highest BCUT2D eigenvalue weighted by atomic mass is 16.6. The Balaban J connectivity index is 2.34. The zero-order valence-electron chi connectivity index (χ0n) is 9.65. The van der Waals surface area contributed by atoms with Crippen LogP contribution in [0.15, 0.2) is 21.9 Å². The second kappa shape index (κ2) is 5.02. The van der Waals surface area contributed by atoms with Gasteiger partial charge < -0.3 is 19.7 Å². The highest BCUT2D eigenvalue weighted by molar-refractivity contribution is 4.93. The van der Waals surface area contributed by atoms with Gasteiger partial charge in [-0.25, -0.2) is 4.79 Å². The van der Waals surface area contributed by atoms with Crippen molar-refractivity contribution in [1.29, 1.82) is 0 Å². The van der Waals surface area contributed by atoms with Crippen LogP contribution in [-0.4, -0.2) is 51.8 Å². The van der Waals surface area contributed by atoms with Crippen LogP contribution in [0.3, 0.4) is 0 Å². The molecule has 0 aromatic carbocycles. The number of hydrogen-bond donors (Lipinski definition) is 3. The molecule has 4 atom stereocenters. The van der Waals surface area contributed by atoms with Crippen LogP contribution in [0.2, 0.25) is 0 Å². The Bertz CT molecular complexity index is 524. The van der Waals surface area contributed by atoms with Gasteiger partial charge in [0.05, 0.1) is 6.61 Å². The number of aromatic nitrogens is 2. The van der Waals surface area contributed by atoms with Crippen molar-refractivity contribution < 1.29 is 19.7 Å². The maximum absolute atomic E-state index is 11.6. The summed E-state index contributed by atoms with van der Waals surface area (Å²) in [5, 5.41) is 19.1. The summed E-state index contributed by atoms with van der Waals surface area (Å²) in [7, 11) is 1.37. The van der Waals surface area contributed by atoms with E-state index in [9.17, 15) is 14.7 Å². The van der Waals surface area contributed by atoms with Gasteiger partial charge >= 0.3 is 5.69 Å². The average Bonchev–Trinajstić information content (AvgIpc) is 2.66.